The maximum Gasteiger partial charge on any atom is 0.205 e. The van der Waals surface area contributed by atoms with Gasteiger partial charge < -0.3 is 9.47 Å². The molecule has 2 nitrogen and oxygen atoms in total. The average molecular weight is 393 g/mol. The third-order valence-electron chi connectivity index (χ3n) is 6.84. The lowest BCUT2D eigenvalue weighted by Crippen LogP contribution is -2.27. The Balaban J connectivity index is 1.45. The molecule has 1 aromatic rings. The number of ether oxygens (including phenoxy) is 2. The monoisotopic (exact) mass is 392 g/mol. The van der Waals surface area contributed by atoms with Gasteiger partial charge in [0.1, 0.15) is 0 Å². The molecule has 2 fully saturated rings. The number of rotatable bonds is 7. The Labute approximate surface area is 168 Å². The second-order valence-electron chi connectivity index (χ2n) is 8.56. The summed E-state index contributed by atoms with van der Waals surface area (Å²) in [6, 6.07) is 2.87. The van der Waals surface area contributed by atoms with Crippen LogP contribution in [0.3, 0.4) is 0 Å². The number of hydrogen-bond acceptors (Lipinski definition) is 2. The Morgan fingerprint density at radius 2 is 1.39 bits per heavy atom. The van der Waals surface area contributed by atoms with E-state index in [0.29, 0.717) is 12.5 Å². The van der Waals surface area contributed by atoms with Crippen molar-refractivity contribution in [3.05, 3.63) is 36.1 Å². The van der Waals surface area contributed by atoms with Crippen molar-refractivity contribution in [2.75, 3.05) is 6.61 Å². The Hall–Kier alpha value is -1.58. The van der Waals surface area contributed by atoms with Gasteiger partial charge in [-0.05, 0) is 81.3 Å². The second-order valence-corrected chi connectivity index (χ2v) is 8.56. The normalized spacial score (nSPS) is 28.4. The predicted molar refractivity (Wildman–Crippen MR) is 108 cm³/mol. The van der Waals surface area contributed by atoms with Crippen molar-refractivity contribution in [2.45, 2.75) is 71.6 Å². The van der Waals surface area contributed by atoms with Gasteiger partial charge in [0, 0.05) is 0 Å². The highest BCUT2D eigenvalue weighted by molar-refractivity contribution is 5.35. The van der Waals surface area contributed by atoms with Crippen LogP contribution in [-0.4, -0.2) is 6.61 Å². The van der Waals surface area contributed by atoms with Crippen LogP contribution in [0, 0.1) is 35.3 Å². The van der Waals surface area contributed by atoms with Crippen LogP contribution in [-0.2, 0) is 0 Å². The number of hydrogen-bond donors (Lipinski definition) is 0. The molecule has 3 rings (SSSR count). The molecular formula is C24H34F2O2. The fraction of sp³-hybridized carbons (Fsp3) is 0.667. The Morgan fingerprint density at radius 1 is 0.857 bits per heavy atom. The highest BCUT2D eigenvalue weighted by Crippen LogP contribution is 2.42. The van der Waals surface area contributed by atoms with Crippen LogP contribution in [0.4, 0.5) is 8.78 Å². The van der Waals surface area contributed by atoms with E-state index in [2.05, 4.69) is 6.92 Å². The summed E-state index contributed by atoms with van der Waals surface area (Å²) < 4.78 is 38.9. The molecule has 0 spiro atoms. The van der Waals surface area contributed by atoms with E-state index in [4.69, 9.17) is 9.47 Å². The van der Waals surface area contributed by atoms with E-state index in [-0.39, 0.29) is 11.5 Å². The number of halogens is 2. The summed E-state index contributed by atoms with van der Waals surface area (Å²) in [5, 5.41) is 0. The molecule has 0 amide bonds. The quantitative estimate of drug-likeness (QED) is 0.454. The third-order valence-corrected chi connectivity index (χ3v) is 6.84. The first kappa shape index (κ1) is 21.1. The van der Waals surface area contributed by atoms with Gasteiger partial charge in [0.25, 0.3) is 0 Å². The van der Waals surface area contributed by atoms with E-state index < -0.39 is 11.6 Å². The van der Waals surface area contributed by atoms with Gasteiger partial charge in [0.15, 0.2) is 11.5 Å². The molecule has 28 heavy (non-hydrogen) atoms. The van der Waals surface area contributed by atoms with Crippen molar-refractivity contribution >= 4 is 0 Å². The summed E-state index contributed by atoms with van der Waals surface area (Å²) in [6.45, 7) is 4.52. The van der Waals surface area contributed by atoms with Crippen LogP contribution in [0.2, 0.25) is 0 Å². The summed E-state index contributed by atoms with van der Waals surface area (Å²) >= 11 is 0. The molecule has 0 radical (unpaired) electrons. The van der Waals surface area contributed by atoms with E-state index in [1.54, 1.807) is 13.0 Å². The van der Waals surface area contributed by atoms with Crippen LogP contribution < -0.4 is 9.47 Å². The highest BCUT2D eigenvalue weighted by atomic mass is 19.2. The van der Waals surface area contributed by atoms with Crippen LogP contribution in [0.1, 0.15) is 71.6 Å². The summed E-state index contributed by atoms with van der Waals surface area (Å²) in [7, 11) is 0. The second kappa shape index (κ2) is 10.3. The van der Waals surface area contributed by atoms with Crippen molar-refractivity contribution in [3.8, 4) is 11.5 Å². The number of benzene rings is 1. The molecule has 4 heteroatoms. The first-order chi connectivity index (χ1) is 13.6. The van der Waals surface area contributed by atoms with E-state index in [9.17, 15) is 8.78 Å². The number of allylic oxidation sites excluding steroid dienone is 1. The zero-order valence-corrected chi connectivity index (χ0v) is 17.3. The molecule has 2 saturated carbocycles. The van der Waals surface area contributed by atoms with Crippen molar-refractivity contribution in [3.63, 3.8) is 0 Å². The first-order valence-corrected chi connectivity index (χ1v) is 11.0. The largest absolute Gasteiger partial charge is 0.490 e. The van der Waals surface area contributed by atoms with E-state index in [1.165, 1.54) is 63.3 Å². The van der Waals surface area contributed by atoms with Crippen molar-refractivity contribution in [1.29, 1.82) is 0 Å². The molecule has 0 atom stereocenters. The fourth-order valence-corrected chi connectivity index (χ4v) is 4.96. The van der Waals surface area contributed by atoms with E-state index in [0.717, 1.165) is 30.6 Å². The SMILES string of the molecule is C/C=C/Oc1ccc(OCC2CCC(C3CCC(CC)CC3)CC2)c(F)c1F. The zero-order chi connectivity index (χ0) is 19.9. The molecule has 1 aromatic carbocycles. The molecule has 0 aliphatic heterocycles. The van der Waals surface area contributed by atoms with Crippen molar-refractivity contribution in [1.82, 2.24) is 0 Å². The molecule has 2 aliphatic rings. The van der Waals surface area contributed by atoms with Gasteiger partial charge in [-0.3, -0.25) is 0 Å². The minimum absolute atomic E-state index is 0.0228. The Bertz CT molecular complexity index is 642. The fourth-order valence-electron chi connectivity index (χ4n) is 4.96. The highest BCUT2D eigenvalue weighted by Gasteiger charge is 2.30. The summed E-state index contributed by atoms with van der Waals surface area (Å²) in [5.41, 5.74) is 0. The molecule has 0 unspecified atom stereocenters. The van der Waals surface area contributed by atoms with Crippen molar-refractivity contribution in [2.24, 2.45) is 23.7 Å². The molecule has 2 aliphatic carbocycles. The van der Waals surface area contributed by atoms with Gasteiger partial charge in [-0.25, -0.2) is 0 Å². The molecule has 0 heterocycles. The predicted octanol–water partition coefficient (Wildman–Crippen LogP) is 7.28. The van der Waals surface area contributed by atoms with E-state index >= 15 is 0 Å². The van der Waals surface area contributed by atoms with Crippen LogP contribution >= 0.6 is 0 Å². The molecular weight excluding hydrogens is 358 g/mol. The molecule has 0 bridgehead atoms. The standard InChI is InChI=1S/C24H34F2O2/c1-3-15-27-21-13-14-22(24(26)23(21)25)28-16-18-7-11-20(12-8-18)19-9-5-17(4-2)6-10-19/h3,13-15,17-20H,4-12,16H2,1-2H3/b15-3+. The van der Waals surface area contributed by atoms with Gasteiger partial charge in [-0.1, -0.05) is 32.3 Å². The topological polar surface area (TPSA) is 18.5 Å². The van der Waals surface area contributed by atoms with Gasteiger partial charge in [0.2, 0.25) is 11.6 Å². The van der Waals surface area contributed by atoms with Crippen LogP contribution in [0.5, 0.6) is 11.5 Å². The van der Waals surface area contributed by atoms with Crippen LogP contribution in [0.15, 0.2) is 24.5 Å². The third kappa shape index (κ3) is 5.27. The molecule has 0 aromatic heterocycles. The Kier molecular flexibility index (Phi) is 7.75. The maximum atomic E-state index is 14.2. The van der Waals surface area contributed by atoms with Crippen molar-refractivity contribution < 1.29 is 18.3 Å². The van der Waals surface area contributed by atoms with Gasteiger partial charge in [0.05, 0.1) is 12.9 Å². The Morgan fingerprint density at radius 3 is 1.96 bits per heavy atom. The maximum absolute atomic E-state index is 14.2. The zero-order valence-electron chi connectivity index (χ0n) is 17.3. The van der Waals surface area contributed by atoms with Gasteiger partial charge in [-0.15, -0.1) is 0 Å². The molecule has 156 valence electrons. The summed E-state index contributed by atoms with van der Waals surface area (Å²) in [5.74, 6) is 1.03. The summed E-state index contributed by atoms with van der Waals surface area (Å²) in [6.07, 6.45) is 14.6. The smallest absolute Gasteiger partial charge is 0.205 e. The van der Waals surface area contributed by atoms with Gasteiger partial charge in [-0.2, -0.15) is 8.78 Å². The lowest BCUT2D eigenvalue weighted by atomic mass is 9.69. The minimum atomic E-state index is -0.998. The lowest BCUT2D eigenvalue weighted by Gasteiger charge is -2.37. The average Bonchev–Trinajstić information content (AvgIpc) is 2.74. The lowest BCUT2D eigenvalue weighted by molar-refractivity contribution is 0.121. The van der Waals surface area contributed by atoms with Crippen LogP contribution in [0.25, 0.3) is 0 Å². The van der Waals surface area contributed by atoms with E-state index in [1.807, 2.05) is 0 Å². The van der Waals surface area contributed by atoms with Gasteiger partial charge >= 0.3 is 0 Å². The molecule has 0 N–H and O–H groups in total. The minimum Gasteiger partial charge on any atom is -0.490 e. The summed E-state index contributed by atoms with van der Waals surface area (Å²) in [4.78, 5) is 0. The molecule has 0 saturated heterocycles. The first-order valence-electron chi connectivity index (χ1n) is 11.0.